The fourth-order valence-electron chi connectivity index (χ4n) is 3.54. The number of anilines is 1. The van der Waals surface area contributed by atoms with Crippen LogP contribution in [0.15, 0.2) is 36.5 Å². The number of rotatable bonds is 3. The first-order valence-electron chi connectivity index (χ1n) is 7.83. The van der Waals surface area contributed by atoms with E-state index in [1.165, 1.54) is 0 Å². The number of hydrogen-bond donors (Lipinski definition) is 1. The number of amides is 2. The molecular weight excluding hydrogens is 276 g/mol. The lowest BCUT2D eigenvalue weighted by atomic mass is 9.74. The first-order chi connectivity index (χ1) is 10.4. The van der Waals surface area contributed by atoms with Gasteiger partial charge in [0.1, 0.15) is 0 Å². The van der Waals surface area contributed by atoms with Gasteiger partial charge in [-0.05, 0) is 30.4 Å². The van der Waals surface area contributed by atoms with Crippen molar-refractivity contribution in [1.29, 1.82) is 0 Å². The van der Waals surface area contributed by atoms with E-state index in [1.54, 1.807) is 4.90 Å². The van der Waals surface area contributed by atoms with Gasteiger partial charge < -0.3 is 10.2 Å². The van der Waals surface area contributed by atoms with Crippen molar-refractivity contribution in [3.05, 3.63) is 42.1 Å². The monoisotopic (exact) mass is 298 g/mol. The third-order valence-corrected chi connectivity index (χ3v) is 4.65. The van der Waals surface area contributed by atoms with E-state index in [2.05, 4.69) is 25.7 Å². The van der Waals surface area contributed by atoms with Crippen LogP contribution in [-0.2, 0) is 15.0 Å². The molecule has 2 amide bonds. The van der Waals surface area contributed by atoms with E-state index in [4.69, 9.17) is 0 Å². The van der Waals surface area contributed by atoms with Crippen LogP contribution in [0.25, 0.3) is 0 Å². The molecule has 1 aromatic carbocycles. The minimum absolute atomic E-state index is 0.00328. The molecule has 0 bridgehead atoms. The van der Waals surface area contributed by atoms with Gasteiger partial charge >= 0.3 is 0 Å². The van der Waals surface area contributed by atoms with E-state index >= 15 is 0 Å². The predicted molar refractivity (Wildman–Crippen MR) is 86.3 cm³/mol. The van der Waals surface area contributed by atoms with Crippen LogP contribution in [-0.4, -0.2) is 23.3 Å². The van der Waals surface area contributed by atoms with E-state index in [0.717, 1.165) is 23.4 Å². The molecule has 0 aliphatic carbocycles. The molecule has 1 fully saturated rings. The molecule has 4 heteroatoms. The molecule has 2 aliphatic rings. The Kier molecular flexibility index (Phi) is 3.55. The Bertz CT molecular complexity index is 650. The summed E-state index contributed by atoms with van der Waals surface area (Å²) in [4.78, 5) is 26.7. The number of piperidine rings is 1. The van der Waals surface area contributed by atoms with Crippen LogP contribution in [0.2, 0.25) is 0 Å². The van der Waals surface area contributed by atoms with Crippen LogP contribution in [0.3, 0.4) is 0 Å². The van der Waals surface area contributed by atoms with E-state index < -0.39 is 5.41 Å². The van der Waals surface area contributed by atoms with Gasteiger partial charge in [-0.25, -0.2) is 0 Å². The maximum Gasteiger partial charge on any atom is 0.236 e. The number of carbonyl (C=O) groups is 2. The Balaban J connectivity index is 1.94. The zero-order valence-corrected chi connectivity index (χ0v) is 13.2. The summed E-state index contributed by atoms with van der Waals surface area (Å²) in [7, 11) is 0. The van der Waals surface area contributed by atoms with Crippen LogP contribution in [0, 0.1) is 5.92 Å². The summed E-state index contributed by atoms with van der Waals surface area (Å²) in [5.41, 5.74) is 2.08. The number of nitrogens with one attached hydrogen (secondary N) is 1. The molecule has 1 atom stereocenters. The summed E-state index contributed by atoms with van der Waals surface area (Å²) in [5.74, 6) is 0.514. The number of fused-ring (bicyclic) bond motifs is 2. The average molecular weight is 298 g/mol. The summed E-state index contributed by atoms with van der Waals surface area (Å²) >= 11 is 0. The summed E-state index contributed by atoms with van der Waals surface area (Å²) in [6, 6.07) is 7.78. The highest BCUT2D eigenvalue weighted by Gasteiger charge is 2.51. The first-order valence-corrected chi connectivity index (χ1v) is 7.83. The van der Waals surface area contributed by atoms with E-state index in [1.807, 2.05) is 24.3 Å². The molecule has 1 spiro atoms. The maximum absolute atomic E-state index is 12.6. The molecular formula is C18H22N2O2. The zero-order valence-electron chi connectivity index (χ0n) is 13.2. The van der Waals surface area contributed by atoms with Gasteiger partial charge in [-0.1, -0.05) is 38.6 Å². The Morgan fingerprint density at radius 1 is 1.36 bits per heavy atom. The molecule has 116 valence electrons. The van der Waals surface area contributed by atoms with Crippen LogP contribution in [0.5, 0.6) is 0 Å². The van der Waals surface area contributed by atoms with Gasteiger partial charge in [0.15, 0.2) is 0 Å². The third kappa shape index (κ3) is 2.23. The van der Waals surface area contributed by atoms with Gasteiger partial charge in [-0.15, -0.1) is 0 Å². The second kappa shape index (κ2) is 5.27. The van der Waals surface area contributed by atoms with Crippen molar-refractivity contribution in [3.63, 3.8) is 0 Å². The van der Waals surface area contributed by atoms with E-state index in [9.17, 15) is 9.59 Å². The number of carbonyl (C=O) groups excluding carboxylic acids is 2. The second-order valence-corrected chi connectivity index (χ2v) is 6.73. The molecule has 2 heterocycles. The quantitative estimate of drug-likeness (QED) is 0.932. The maximum atomic E-state index is 12.6. The molecule has 0 aromatic heterocycles. The van der Waals surface area contributed by atoms with Crippen LogP contribution in [0.1, 0.15) is 38.7 Å². The molecule has 1 saturated heterocycles. The SMILES string of the molecule is C=C(CC(C)C)N1CC2(CCC1=O)C(=O)Nc1ccccc12. The fourth-order valence-corrected chi connectivity index (χ4v) is 3.54. The van der Waals surface area contributed by atoms with E-state index in [0.29, 0.717) is 25.3 Å². The Morgan fingerprint density at radius 3 is 2.82 bits per heavy atom. The number of hydrogen-bond acceptors (Lipinski definition) is 2. The zero-order chi connectivity index (χ0) is 15.9. The summed E-state index contributed by atoms with van der Waals surface area (Å²) in [6.45, 7) is 8.69. The molecule has 3 rings (SSSR count). The van der Waals surface area contributed by atoms with Crippen molar-refractivity contribution in [2.24, 2.45) is 5.92 Å². The lowest BCUT2D eigenvalue weighted by molar-refractivity contribution is -0.136. The van der Waals surface area contributed by atoms with Crippen molar-refractivity contribution in [1.82, 2.24) is 4.90 Å². The number of para-hydroxylation sites is 1. The first kappa shape index (κ1) is 14.8. The van der Waals surface area contributed by atoms with Crippen LogP contribution in [0.4, 0.5) is 5.69 Å². The molecule has 22 heavy (non-hydrogen) atoms. The van der Waals surface area contributed by atoms with Gasteiger partial charge in [0.25, 0.3) is 0 Å². The molecule has 1 aromatic rings. The summed E-state index contributed by atoms with van der Waals surface area (Å²) in [6.07, 6.45) is 1.73. The Hall–Kier alpha value is -2.10. The van der Waals surface area contributed by atoms with Crippen molar-refractivity contribution in [3.8, 4) is 0 Å². The topological polar surface area (TPSA) is 49.4 Å². The Labute approximate surface area is 131 Å². The summed E-state index contributed by atoms with van der Waals surface area (Å²) in [5, 5.41) is 2.97. The fraction of sp³-hybridized carbons (Fsp3) is 0.444. The predicted octanol–water partition coefficient (Wildman–Crippen LogP) is 3.06. The molecule has 1 unspecified atom stereocenters. The van der Waals surface area contributed by atoms with Crippen LogP contribution < -0.4 is 5.32 Å². The van der Waals surface area contributed by atoms with Gasteiger partial charge in [0.05, 0.1) is 5.41 Å². The van der Waals surface area contributed by atoms with Gasteiger partial charge in [0.2, 0.25) is 11.8 Å². The van der Waals surface area contributed by atoms with Crippen LogP contribution >= 0.6 is 0 Å². The van der Waals surface area contributed by atoms with Crippen molar-refractivity contribution >= 4 is 17.5 Å². The number of nitrogens with zero attached hydrogens (tertiary/aromatic N) is 1. The molecule has 0 saturated carbocycles. The molecule has 0 radical (unpaired) electrons. The average Bonchev–Trinajstić information content (AvgIpc) is 2.73. The minimum atomic E-state index is -0.621. The lowest BCUT2D eigenvalue weighted by Gasteiger charge is -2.40. The minimum Gasteiger partial charge on any atom is -0.325 e. The number of allylic oxidation sites excluding steroid dienone is 1. The number of likely N-dealkylation sites (tertiary alicyclic amines) is 1. The Morgan fingerprint density at radius 2 is 2.09 bits per heavy atom. The highest BCUT2D eigenvalue weighted by molar-refractivity contribution is 6.07. The summed E-state index contributed by atoms with van der Waals surface area (Å²) < 4.78 is 0. The molecule has 2 aliphatic heterocycles. The van der Waals surface area contributed by atoms with Gasteiger partial charge in [-0.3, -0.25) is 9.59 Å². The normalized spacial score (nSPS) is 23.9. The second-order valence-electron chi connectivity index (χ2n) is 6.73. The van der Waals surface area contributed by atoms with E-state index in [-0.39, 0.29) is 11.8 Å². The van der Waals surface area contributed by atoms with Gasteiger partial charge in [0, 0.05) is 24.4 Å². The van der Waals surface area contributed by atoms with Crippen molar-refractivity contribution in [2.45, 2.75) is 38.5 Å². The molecule has 4 nitrogen and oxygen atoms in total. The van der Waals surface area contributed by atoms with Gasteiger partial charge in [-0.2, -0.15) is 0 Å². The highest BCUT2D eigenvalue weighted by Crippen LogP contribution is 2.44. The largest absolute Gasteiger partial charge is 0.325 e. The van der Waals surface area contributed by atoms with Crippen molar-refractivity contribution in [2.75, 3.05) is 11.9 Å². The standard InChI is InChI=1S/C18H22N2O2/c1-12(2)10-13(3)20-11-18(9-8-16(20)21)14-6-4-5-7-15(14)19-17(18)22/h4-7,12H,3,8-11H2,1-2H3,(H,19,22). The molecule has 1 N–H and O–H groups in total. The van der Waals surface area contributed by atoms with Crippen molar-refractivity contribution < 1.29 is 9.59 Å². The highest BCUT2D eigenvalue weighted by atomic mass is 16.2. The lowest BCUT2D eigenvalue weighted by Crippen LogP contribution is -2.51. The smallest absolute Gasteiger partial charge is 0.236 e. The number of benzene rings is 1. The third-order valence-electron chi connectivity index (χ3n) is 4.65.